The normalized spacial score (nSPS) is 26.6. The molecule has 0 saturated heterocycles. The molecule has 0 radical (unpaired) electrons. The van der Waals surface area contributed by atoms with Gasteiger partial charge in [0.1, 0.15) is 5.75 Å². The average Bonchev–Trinajstić information content (AvgIpc) is 2.44. The molecule has 0 atom stereocenters. The predicted octanol–water partition coefficient (Wildman–Crippen LogP) is 3.12. The summed E-state index contributed by atoms with van der Waals surface area (Å²) >= 11 is 0. The molecule has 0 heterocycles. The molecule has 2 rings (SSSR count). The number of aryl methyl sites for hydroxylation is 1. The fourth-order valence-electron chi connectivity index (χ4n) is 3.09. The molecule has 3 nitrogen and oxygen atoms in total. The van der Waals surface area contributed by atoms with Gasteiger partial charge in [-0.3, -0.25) is 0 Å². The van der Waals surface area contributed by atoms with E-state index in [0.29, 0.717) is 18.8 Å². The summed E-state index contributed by atoms with van der Waals surface area (Å²) < 4.78 is 0. The summed E-state index contributed by atoms with van der Waals surface area (Å²) in [4.78, 5) is 0. The molecule has 1 saturated carbocycles. The van der Waals surface area contributed by atoms with Crippen molar-refractivity contribution in [2.45, 2.75) is 58.1 Å². The van der Waals surface area contributed by atoms with E-state index in [0.717, 1.165) is 42.7 Å². The third-order valence-electron chi connectivity index (χ3n) is 4.70. The minimum Gasteiger partial charge on any atom is -0.507 e. The van der Waals surface area contributed by atoms with Crippen LogP contribution in [0.4, 0.5) is 0 Å². The number of hydrogen-bond donors (Lipinski definition) is 3. The summed E-state index contributed by atoms with van der Waals surface area (Å²) in [5.41, 5.74) is 1.23. The van der Waals surface area contributed by atoms with Gasteiger partial charge in [-0.05, 0) is 44.1 Å². The molecule has 0 bridgehead atoms. The summed E-state index contributed by atoms with van der Waals surface area (Å²) in [7, 11) is 0. The highest BCUT2D eigenvalue weighted by molar-refractivity contribution is 5.39. The van der Waals surface area contributed by atoms with Crippen LogP contribution in [0.3, 0.4) is 0 Å². The fraction of sp³-hybridized carbons (Fsp3) is 0.647. The number of aliphatic hydroxyl groups is 1. The molecule has 1 aliphatic carbocycles. The molecule has 0 unspecified atom stereocenters. The fourth-order valence-corrected chi connectivity index (χ4v) is 3.09. The number of nitrogens with one attached hydrogen (secondary N) is 1. The second-order valence-corrected chi connectivity index (χ2v) is 6.26. The van der Waals surface area contributed by atoms with Gasteiger partial charge in [0, 0.05) is 18.7 Å². The first-order valence-electron chi connectivity index (χ1n) is 7.74. The molecular weight excluding hydrogens is 250 g/mol. The summed E-state index contributed by atoms with van der Waals surface area (Å²) in [6.45, 7) is 5.34. The van der Waals surface area contributed by atoms with E-state index in [2.05, 4.69) is 12.2 Å². The quantitative estimate of drug-likeness (QED) is 0.775. The number of para-hydroxylation sites is 1. The zero-order chi connectivity index (χ0) is 14.6. The number of phenolic OH excluding ortho intramolecular Hbond substituents is 1. The van der Waals surface area contributed by atoms with Crippen molar-refractivity contribution in [2.75, 3.05) is 6.54 Å². The van der Waals surface area contributed by atoms with Gasteiger partial charge in [0.25, 0.3) is 0 Å². The number of hydrogen-bond acceptors (Lipinski definition) is 3. The van der Waals surface area contributed by atoms with Crippen molar-refractivity contribution in [3.63, 3.8) is 0 Å². The Kier molecular flexibility index (Phi) is 5.06. The molecule has 1 aliphatic rings. The van der Waals surface area contributed by atoms with Crippen molar-refractivity contribution in [2.24, 2.45) is 5.92 Å². The first-order chi connectivity index (χ1) is 9.54. The molecular formula is C17H27NO2. The number of rotatable bonds is 5. The monoisotopic (exact) mass is 277 g/mol. The lowest BCUT2D eigenvalue weighted by atomic mass is 9.78. The SMILES string of the molecule is CCC1CCC(O)(CNCc2cccc(C)c2O)CC1. The van der Waals surface area contributed by atoms with Gasteiger partial charge in [0.15, 0.2) is 0 Å². The minimum atomic E-state index is -0.564. The molecule has 1 fully saturated rings. The van der Waals surface area contributed by atoms with Crippen molar-refractivity contribution in [1.29, 1.82) is 0 Å². The molecule has 1 aromatic rings. The molecule has 3 heteroatoms. The van der Waals surface area contributed by atoms with Crippen LogP contribution in [0.25, 0.3) is 0 Å². The summed E-state index contributed by atoms with van der Waals surface area (Å²) in [5.74, 6) is 1.15. The Morgan fingerprint density at radius 3 is 2.65 bits per heavy atom. The van der Waals surface area contributed by atoms with Gasteiger partial charge in [-0.25, -0.2) is 0 Å². The highest BCUT2D eigenvalue weighted by Gasteiger charge is 2.32. The highest BCUT2D eigenvalue weighted by Crippen LogP contribution is 2.33. The minimum absolute atomic E-state index is 0.363. The summed E-state index contributed by atoms with van der Waals surface area (Å²) in [6, 6.07) is 5.78. The van der Waals surface area contributed by atoms with Gasteiger partial charge in [-0.2, -0.15) is 0 Å². The van der Waals surface area contributed by atoms with Gasteiger partial charge in [-0.1, -0.05) is 31.5 Å². The second-order valence-electron chi connectivity index (χ2n) is 6.26. The first-order valence-corrected chi connectivity index (χ1v) is 7.74. The Balaban J connectivity index is 1.82. The Labute approximate surface area is 122 Å². The van der Waals surface area contributed by atoms with Gasteiger partial charge in [0.05, 0.1) is 5.60 Å². The van der Waals surface area contributed by atoms with Crippen molar-refractivity contribution < 1.29 is 10.2 Å². The zero-order valence-electron chi connectivity index (χ0n) is 12.7. The molecule has 0 spiro atoms. The van der Waals surface area contributed by atoms with Crippen LogP contribution in [-0.4, -0.2) is 22.4 Å². The lowest BCUT2D eigenvalue weighted by Gasteiger charge is -2.36. The standard InChI is InChI=1S/C17H27NO2/c1-3-14-7-9-17(20,10-8-14)12-18-11-15-6-4-5-13(2)16(15)19/h4-6,14,18-20H,3,7-12H2,1-2H3. The van der Waals surface area contributed by atoms with Crippen molar-refractivity contribution in [1.82, 2.24) is 5.32 Å². The Morgan fingerprint density at radius 1 is 1.30 bits per heavy atom. The lowest BCUT2D eigenvalue weighted by molar-refractivity contribution is -0.00884. The van der Waals surface area contributed by atoms with Crippen LogP contribution in [0, 0.1) is 12.8 Å². The Morgan fingerprint density at radius 2 is 2.00 bits per heavy atom. The molecule has 0 aliphatic heterocycles. The van der Waals surface area contributed by atoms with Crippen LogP contribution in [0.1, 0.15) is 50.2 Å². The molecule has 20 heavy (non-hydrogen) atoms. The van der Waals surface area contributed by atoms with E-state index < -0.39 is 5.60 Å². The van der Waals surface area contributed by atoms with E-state index in [1.165, 1.54) is 6.42 Å². The average molecular weight is 277 g/mol. The third kappa shape index (κ3) is 3.74. The second kappa shape index (κ2) is 6.59. The summed E-state index contributed by atoms with van der Waals surface area (Å²) in [5, 5.41) is 23.8. The van der Waals surface area contributed by atoms with Crippen LogP contribution in [0.5, 0.6) is 5.75 Å². The Bertz CT molecular complexity index is 437. The zero-order valence-corrected chi connectivity index (χ0v) is 12.7. The highest BCUT2D eigenvalue weighted by atomic mass is 16.3. The van der Waals surface area contributed by atoms with Crippen molar-refractivity contribution in [3.8, 4) is 5.75 Å². The molecule has 0 amide bonds. The number of benzene rings is 1. The van der Waals surface area contributed by atoms with Gasteiger partial charge >= 0.3 is 0 Å². The van der Waals surface area contributed by atoms with Crippen LogP contribution in [0.15, 0.2) is 18.2 Å². The smallest absolute Gasteiger partial charge is 0.122 e. The molecule has 1 aromatic carbocycles. The lowest BCUT2D eigenvalue weighted by Crippen LogP contribution is -2.43. The molecule has 112 valence electrons. The van der Waals surface area contributed by atoms with Gasteiger partial charge in [-0.15, -0.1) is 0 Å². The van der Waals surface area contributed by atoms with Gasteiger partial charge in [0.2, 0.25) is 0 Å². The van der Waals surface area contributed by atoms with E-state index in [9.17, 15) is 10.2 Å². The van der Waals surface area contributed by atoms with E-state index in [4.69, 9.17) is 0 Å². The molecule has 3 N–H and O–H groups in total. The van der Waals surface area contributed by atoms with Crippen LogP contribution in [0.2, 0.25) is 0 Å². The van der Waals surface area contributed by atoms with E-state index >= 15 is 0 Å². The van der Waals surface area contributed by atoms with Crippen molar-refractivity contribution >= 4 is 0 Å². The maximum Gasteiger partial charge on any atom is 0.122 e. The third-order valence-corrected chi connectivity index (χ3v) is 4.70. The Hall–Kier alpha value is -1.06. The maximum absolute atomic E-state index is 10.6. The van der Waals surface area contributed by atoms with Gasteiger partial charge < -0.3 is 15.5 Å². The summed E-state index contributed by atoms with van der Waals surface area (Å²) in [6.07, 6.45) is 5.26. The molecule has 0 aromatic heterocycles. The number of phenols is 1. The maximum atomic E-state index is 10.6. The van der Waals surface area contributed by atoms with Crippen molar-refractivity contribution in [3.05, 3.63) is 29.3 Å². The van der Waals surface area contributed by atoms with Crippen LogP contribution in [-0.2, 0) is 6.54 Å². The van der Waals surface area contributed by atoms with E-state index in [1.807, 2.05) is 25.1 Å². The largest absolute Gasteiger partial charge is 0.507 e. The topological polar surface area (TPSA) is 52.5 Å². The van der Waals surface area contributed by atoms with Crippen LogP contribution >= 0.6 is 0 Å². The number of aromatic hydroxyl groups is 1. The van der Waals surface area contributed by atoms with E-state index in [1.54, 1.807) is 0 Å². The van der Waals surface area contributed by atoms with E-state index in [-0.39, 0.29) is 0 Å². The predicted molar refractivity (Wildman–Crippen MR) is 81.7 cm³/mol. The van der Waals surface area contributed by atoms with Crippen LogP contribution < -0.4 is 5.32 Å². The first kappa shape index (κ1) is 15.3.